The van der Waals surface area contributed by atoms with Crippen LogP contribution >= 0.6 is 22.9 Å². The first-order valence-electron chi connectivity index (χ1n) is 5.11. The van der Waals surface area contributed by atoms with Crippen molar-refractivity contribution in [3.63, 3.8) is 0 Å². The van der Waals surface area contributed by atoms with Gasteiger partial charge >= 0.3 is 0 Å². The second-order valence-electron chi connectivity index (χ2n) is 3.76. The molecule has 0 spiro atoms. The predicted octanol–water partition coefficient (Wildman–Crippen LogP) is 3.52. The van der Waals surface area contributed by atoms with E-state index in [0.717, 1.165) is 5.69 Å². The first-order chi connectivity index (χ1) is 8.08. The Kier molecular flexibility index (Phi) is 3.76. The van der Waals surface area contributed by atoms with Crippen molar-refractivity contribution in [1.82, 2.24) is 4.98 Å². The zero-order valence-corrected chi connectivity index (χ0v) is 10.7. The summed E-state index contributed by atoms with van der Waals surface area (Å²) in [5.74, 6) is -0.466. The van der Waals surface area contributed by atoms with Crippen molar-refractivity contribution in [3.05, 3.63) is 50.7 Å². The highest BCUT2D eigenvalue weighted by Crippen LogP contribution is 2.26. The molecule has 1 aromatic heterocycles. The van der Waals surface area contributed by atoms with Gasteiger partial charge in [0.05, 0.1) is 5.02 Å². The highest BCUT2D eigenvalue weighted by atomic mass is 35.5. The molecule has 0 amide bonds. The second kappa shape index (κ2) is 5.12. The lowest BCUT2D eigenvalue weighted by atomic mass is 10.1. The van der Waals surface area contributed by atoms with Crippen LogP contribution in [-0.4, -0.2) is 10.1 Å². The van der Waals surface area contributed by atoms with Crippen LogP contribution in [0.2, 0.25) is 5.02 Å². The van der Waals surface area contributed by atoms with Crippen LogP contribution in [0.4, 0.5) is 4.39 Å². The maximum Gasteiger partial charge on any atom is 0.142 e. The first kappa shape index (κ1) is 12.5. The van der Waals surface area contributed by atoms with E-state index in [1.165, 1.54) is 17.4 Å². The summed E-state index contributed by atoms with van der Waals surface area (Å²) in [6.45, 7) is 1.86. The zero-order valence-electron chi connectivity index (χ0n) is 9.15. The quantitative estimate of drug-likeness (QED) is 0.927. The molecule has 0 saturated carbocycles. The zero-order chi connectivity index (χ0) is 12.4. The lowest BCUT2D eigenvalue weighted by Crippen LogP contribution is -2.02. The smallest absolute Gasteiger partial charge is 0.142 e. The van der Waals surface area contributed by atoms with Gasteiger partial charge in [-0.25, -0.2) is 9.37 Å². The molecule has 0 aliphatic rings. The topological polar surface area (TPSA) is 33.1 Å². The Morgan fingerprint density at radius 3 is 2.94 bits per heavy atom. The summed E-state index contributed by atoms with van der Waals surface area (Å²) in [6, 6.07) is 4.58. The van der Waals surface area contributed by atoms with Crippen LogP contribution in [0.25, 0.3) is 0 Å². The highest BCUT2D eigenvalue weighted by molar-refractivity contribution is 7.09. The molecule has 2 rings (SSSR count). The number of hydrogen-bond donors (Lipinski definition) is 1. The molecule has 1 unspecified atom stereocenters. The van der Waals surface area contributed by atoms with Crippen molar-refractivity contribution in [2.24, 2.45) is 0 Å². The second-order valence-corrected chi connectivity index (χ2v) is 5.03. The van der Waals surface area contributed by atoms with Gasteiger partial charge < -0.3 is 5.11 Å². The summed E-state index contributed by atoms with van der Waals surface area (Å²) < 4.78 is 13.2. The molecule has 0 fully saturated rings. The van der Waals surface area contributed by atoms with Crippen LogP contribution in [0.3, 0.4) is 0 Å². The van der Waals surface area contributed by atoms with E-state index in [1.807, 2.05) is 12.3 Å². The molecule has 0 aliphatic carbocycles. The molecular weight excluding hydrogens is 261 g/mol. The minimum absolute atomic E-state index is 0.0693. The molecule has 5 heteroatoms. The van der Waals surface area contributed by atoms with Crippen molar-refractivity contribution < 1.29 is 9.50 Å². The van der Waals surface area contributed by atoms with Crippen molar-refractivity contribution in [2.75, 3.05) is 0 Å². The van der Waals surface area contributed by atoms with Crippen LogP contribution in [0, 0.1) is 12.7 Å². The van der Waals surface area contributed by atoms with Gasteiger partial charge in [0.25, 0.3) is 0 Å². The van der Waals surface area contributed by atoms with Gasteiger partial charge in [-0.1, -0.05) is 23.7 Å². The van der Waals surface area contributed by atoms with Crippen LogP contribution in [-0.2, 0) is 6.42 Å². The van der Waals surface area contributed by atoms with Gasteiger partial charge in [0.15, 0.2) is 0 Å². The van der Waals surface area contributed by atoms with Crippen molar-refractivity contribution in [1.29, 1.82) is 0 Å². The maximum absolute atomic E-state index is 13.2. The Morgan fingerprint density at radius 1 is 1.53 bits per heavy atom. The summed E-state index contributed by atoms with van der Waals surface area (Å²) in [5.41, 5.74) is 1.46. The molecule has 0 bridgehead atoms. The van der Waals surface area contributed by atoms with Crippen LogP contribution in [0.15, 0.2) is 23.6 Å². The number of aliphatic hydroxyl groups is 1. The number of thiazole rings is 1. The van der Waals surface area contributed by atoms with Gasteiger partial charge in [0.2, 0.25) is 0 Å². The molecule has 2 aromatic rings. The third-order valence-electron chi connectivity index (χ3n) is 2.37. The van der Waals surface area contributed by atoms with Crippen molar-refractivity contribution in [3.8, 4) is 0 Å². The number of hydrogen-bond acceptors (Lipinski definition) is 3. The molecule has 90 valence electrons. The van der Waals surface area contributed by atoms with E-state index in [2.05, 4.69) is 4.98 Å². The Morgan fingerprint density at radius 2 is 2.29 bits per heavy atom. The molecule has 1 N–H and O–H groups in total. The molecule has 2 nitrogen and oxygen atoms in total. The summed E-state index contributed by atoms with van der Waals surface area (Å²) in [4.78, 5) is 4.19. The fourth-order valence-electron chi connectivity index (χ4n) is 1.53. The molecular formula is C12H11ClFNOS. The largest absolute Gasteiger partial charge is 0.386 e. The Bertz CT molecular complexity index is 529. The summed E-state index contributed by atoms with van der Waals surface area (Å²) in [5, 5.41) is 12.5. The SMILES string of the molecule is Cc1csc(C(O)Cc2cccc(F)c2Cl)n1. The number of rotatable bonds is 3. The molecule has 0 saturated heterocycles. The lowest BCUT2D eigenvalue weighted by Gasteiger charge is -2.09. The number of aromatic nitrogens is 1. The number of aryl methyl sites for hydroxylation is 1. The van der Waals surface area contributed by atoms with E-state index in [0.29, 0.717) is 10.6 Å². The lowest BCUT2D eigenvalue weighted by molar-refractivity contribution is 0.178. The summed E-state index contributed by atoms with van der Waals surface area (Å²) in [7, 11) is 0. The third-order valence-corrected chi connectivity index (χ3v) is 3.85. The molecule has 0 radical (unpaired) electrons. The van der Waals surface area contributed by atoms with Gasteiger partial charge in [0, 0.05) is 17.5 Å². The normalized spacial score (nSPS) is 12.7. The highest BCUT2D eigenvalue weighted by Gasteiger charge is 2.15. The minimum atomic E-state index is -0.743. The summed E-state index contributed by atoms with van der Waals surface area (Å²) in [6.07, 6.45) is -0.475. The average Bonchev–Trinajstić information content (AvgIpc) is 2.72. The minimum Gasteiger partial charge on any atom is -0.386 e. The van der Waals surface area contributed by atoms with Gasteiger partial charge in [-0.05, 0) is 18.6 Å². The third kappa shape index (κ3) is 2.83. The Labute approximate surface area is 108 Å². The van der Waals surface area contributed by atoms with Gasteiger partial charge in [-0.2, -0.15) is 0 Å². The average molecular weight is 272 g/mol. The van der Waals surface area contributed by atoms with Crippen molar-refractivity contribution in [2.45, 2.75) is 19.4 Å². The molecule has 17 heavy (non-hydrogen) atoms. The van der Waals surface area contributed by atoms with E-state index in [-0.39, 0.29) is 11.4 Å². The number of aliphatic hydroxyl groups excluding tert-OH is 1. The van der Waals surface area contributed by atoms with Crippen molar-refractivity contribution >= 4 is 22.9 Å². The van der Waals surface area contributed by atoms with E-state index in [1.54, 1.807) is 12.1 Å². The fourth-order valence-corrected chi connectivity index (χ4v) is 2.51. The number of benzene rings is 1. The number of nitrogens with zero attached hydrogens (tertiary/aromatic N) is 1. The number of halogens is 2. The fraction of sp³-hybridized carbons (Fsp3) is 0.250. The van der Waals surface area contributed by atoms with E-state index in [4.69, 9.17) is 11.6 Å². The summed E-state index contributed by atoms with van der Waals surface area (Å²) >= 11 is 7.22. The molecule has 1 aromatic carbocycles. The van der Waals surface area contributed by atoms with E-state index >= 15 is 0 Å². The molecule has 1 atom stereocenters. The maximum atomic E-state index is 13.2. The van der Waals surface area contributed by atoms with Gasteiger partial charge in [-0.15, -0.1) is 11.3 Å². The van der Waals surface area contributed by atoms with Crippen LogP contribution in [0.1, 0.15) is 22.4 Å². The first-order valence-corrected chi connectivity index (χ1v) is 6.36. The molecule has 0 aliphatic heterocycles. The Balaban J connectivity index is 2.18. The standard InChI is InChI=1S/C12H11ClFNOS/c1-7-6-17-12(15-7)10(16)5-8-3-2-4-9(14)11(8)13/h2-4,6,10,16H,5H2,1H3. The predicted molar refractivity (Wildman–Crippen MR) is 66.9 cm³/mol. The van der Waals surface area contributed by atoms with Crippen LogP contribution < -0.4 is 0 Å². The van der Waals surface area contributed by atoms with Crippen LogP contribution in [0.5, 0.6) is 0 Å². The van der Waals surface area contributed by atoms with E-state index < -0.39 is 11.9 Å². The molecule has 1 heterocycles. The Hall–Kier alpha value is -0.970. The monoisotopic (exact) mass is 271 g/mol. The van der Waals surface area contributed by atoms with Gasteiger partial charge in [-0.3, -0.25) is 0 Å². The van der Waals surface area contributed by atoms with Gasteiger partial charge in [0.1, 0.15) is 16.9 Å². The van der Waals surface area contributed by atoms with E-state index in [9.17, 15) is 9.50 Å².